The van der Waals surface area contributed by atoms with Gasteiger partial charge in [0.15, 0.2) is 9.84 Å². The maximum Gasteiger partial charge on any atom is 0.239 e. The van der Waals surface area contributed by atoms with E-state index in [0.29, 0.717) is 31.3 Å². The minimum absolute atomic E-state index is 0. The first-order valence-electron chi connectivity index (χ1n) is 8.44. The van der Waals surface area contributed by atoms with Gasteiger partial charge < -0.3 is 21.3 Å². The van der Waals surface area contributed by atoms with Crippen molar-refractivity contribution in [1.29, 1.82) is 0 Å². The number of nitrogen functional groups attached to an aromatic ring is 1. The van der Waals surface area contributed by atoms with Gasteiger partial charge in [0.2, 0.25) is 11.9 Å². The fourth-order valence-electron chi connectivity index (χ4n) is 3.46. The smallest absolute Gasteiger partial charge is 0.239 e. The molecule has 11 nitrogen and oxygen atoms in total. The molecule has 156 valence electrons. The summed E-state index contributed by atoms with van der Waals surface area (Å²) in [6.45, 7) is 2.01. The lowest BCUT2D eigenvalue weighted by molar-refractivity contribution is 0.423. The standard InChI is InChI=1S/C14H21N9O2S.2ClH/c15-13-19-11(21-22-13)1-3-17-14-18-4-2-12(20-14)23-6-5-16-9-7-26(24,25)8-10(9)23;;/h2,4,9-10,16H,1,3,5-8H2,(H,17,18,20)(H3,15,19,21,22);2*1H/t9-,10+;;/m0../s1. The SMILES string of the molecule is Cl.Cl.Nc1n[nH]c(CCNc2nccc(N3CCN[C@H]4CS(=O)(=O)C[C@H]43)n2)n1. The van der Waals surface area contributed by atoms with Gasteiger partial charge in [-0.15, -0.1) is 29.9 Å². The van der Waals surface area contributed by atoms with Crippen molar-refractivity contribution in [3.63, 3.8) is 0 Å². The molecule has 2 aromatic heterocycles. The van der Waals surface area contributed by atoms with Crippen LogP contribution in [0.3, 0.4) is 0 Å². The number of halogens is 2. The van der Waals surface area contributed by atoms with Gasteiger partial charge in [0.05, 0.1) is 17.5 Å². The minimum Gasteiger partial charge on any atom is -0.367 e. The fraction of sp³-hybridized carbons (Fsp3) is 0.571. The third kappa shape index (κ3) is 4.93. The van der Waals surface area contributed by atoms with E-state index in [1.54, 1.807) is 6.20 Å². The molecular formula is C14H23Cl2N9O2S. The predicted octanol–water partition coefficient (Wildman–Crippen LogP) is -0.750. The summed E-state index contributed by atoms with van der Waals surface area (Å²) in [5.74, 6) is 2.48. The van der Waals surface area contributed by atoms with Crippen LogP contribution in [0, 0.1) is 0 Å². The quantitative estimate of drug-likeness (QED) is 0.455. The van der Waals surface area contributed by atoms with Crippen LogP contribution in [0.15, 0.2) is 12.3 Å². The molecule has 0 aromatic carbocycles. The van der Waals surface area contributed by atoms with Crippen molar-refractivity contribution in [3.05, 3.63) is 18.1 Å². The summed E-state index contributed by atoms with van der Waals surface area (Å²) in [6, 6.07) is 1.68. The van der Waals surface area contributed by atoms with Crippen molar-refractivity contribution in [2.75, 3.05) is 47.1 Å². The molecule has 0 radical (unpaired) electrons. The van der Waals surface area contributed by atoms with Gasteiger partial charge in [-0.25, -0.2) is 13.4 Å². The van der Waals surface area contributed by atoms with Crippen LogP contribution in [0.2, 0.25) is 0 Å². The molecule has 0 saturated carbocycles. The number of piperazine rings is 1. The van der Waals surface area contributed by atoms with Gasteiger partial charge in [-0.2, -0.15) is 9.97 Å². The molecular weight excluding hydrogens is 429 g/mol. The summed E-state index contributed by atoms with van der Waals surface area (Å²) in [7, 11) is -3.01. The Hall–Kier alpha value is -1.89. The predicted molar refractivity (Wildman–Crippen MR) is 111 cm³/mol. The van der Waals surface area contributed by atoms with E-state index < -0.39 is 9.84 Å². The molecule has 14 heteroatoms. The van der Waals surface area contributed by atoms with Gasteiger partial charge in [-0.3, -0.25) is 5.10 Å². The van der Waals surface area contributed by atoms with Gasteiger partial charge in [-0.1, -0.05) is 0 Å². The second-order valence-electron chi connectivity index (χ2n) is 6.45. The molecule has 0 amide bonds. The number of fused-ring (bicyclic) bond motifs is 1. The summed E-state index contributed by atoms with van der Waals surface area (Å²) >= 11 is 0. The zero-order chi connectivity index (χ0) is 18.1. The van der Waals surface area contributed by atoms with Crippen molar-refractivity contribution in [1.82, 2.24) is 30.5 Å². The van der Waals surface area contributed by atoms with Crippen LogP contribution in [-0.2, 0) is 16.3 Å². The van der Waals surface area contributed by atoms with E-state index in [9.17, 15) is 8.42 Å². The normalized spacial score (nSPS) is 22.6. The number of anilines is 3. The molecule has 0 bridgehead atoms. The Morgan fingerprint density at radius 2 is 2.11 bits per heavy atom. The van der Waals surface area contributed by atoms with E-state index >= 15 is 0 Å². The average Bonchev–Trinajstić information content (AvgIpc) is 3.15. The monoisotopic (exact) mass is 451 g/mol. The molecule has 2 aromatic rings. The lowest BCUT2D eigenvalue weighted by Gasteiger charge is -2.38. The summed E-state index contributed by atoms with van der Waals surface area (Å²) < 4.78 is 24.0. The minimum atomic E-state index is -3.01. The highest BCUT2D eigenvalue weighted by Crippen LogP contribution is 2.25. The molecule has 2 aliphatic rings. The maximum absolute atomic E-state index is 12.0. The number of nitrogens with two attached hydrogens (primary N) is 1. The summed E-state index contributed by atoms with van der Waals surface area (Å²) in [5, 5.41) is 13.0. The van der Waals surface area contributed by atoms with E-state index in [1.165, 1.54) is 0 Å². The molecule has 4 heterocycles. The van der Waals surface area contributed by atoms with Crippen molar-refractivity contribution < 1.29 is 8.42 Å². The van der Waals surface area contributed by atoms with Crippen LogP contribution in [-0.4, -0.2) is 76.8 Å². The highest BCUT2D eigenvalue weighted by Gasteiger charge is 2.43. The Balaban J connectivity index is 0.00000140. The Bertz CT molecular complexity index is 894. The van der Waals surface area contributed by atoms with E-state index in [0.717, 1.165) is 12.4 Å². The van der Waals surface area contributed by atoms with E-state index in [2.05, 4.69) is 40.7 Å². The number of hydrogen-bond acceptors (Lipinski definition) is 10. The van der Waals surface area contributed by atoms with Crippen LogP contribution in [0.25, 0.3) is 0 Å². The van der Waals surface area contributed by atoms with Gasteiger partial charge in [0.25, 0.3) is 0 Å². The first-order chi connectivity index (χ1) is 12.5. The number of nitrogens with one attached hydrogen (secondary N) is 3. The number of aromatic nitrogens is 5. The van der Waals surface area contributed by atoms with Gasteiger partial charge in [0.1, 0.15) is 11.6 Å². The zero-order valence-electron chi connectivity index (χ0n) is 14.9. The second-order valence-corrected chi connectivity index (χ2v) is 8.61. The Kier molecular flexibility index (Phi) is 7.26. The molecule has 2 atom stereocenters. The summed E-state index contributed by atoms with van der Waals surface area (Å²) in [5.41, 5.74) is 5.47. The largest absolute Gasteiger partial charge is 0.367 e. The lowest BCUT2D eigenvalue weighted by atomic mass is 10.1. The van der Waals surface area contributed by atoms with Gasteiger partial charge in [-0.05, 0) is 6.07 Å². The number of aromatic amines is 1. The number of H-pyrrole nitrogens is 1. The Morgan fingerprint density at radius 1 is 1.29 bits per heavy atom. The van der Waals surface area contributed by atoms with Crippen molar-refractivity contribution in [3.8, 4) is 0 Å². The van der Waals surface area contributed by atoms with Gasteiger partial charge in [0, 0.05) is 38.3 Å². The molecule has 2 fully saturated rings. The summed E-state index contributed by atoms with van der Waals surface area (Å²) in [4.78, 5) is 14.9. The number of rotatable bonds is 5. The van der Waals surface area contributed by atoms with Crippen LogP contribution < -0.4 is 21.3 Å². The van der Waals surface area contributed by atoms with E-state index in [4.69, 9.17) is 5.73 Å². The first-order valence-corrected chi connectivity index (χ1v) is 10.3. The zero-order valence-corrected chi connectivity index (χ0v) is 17.4. The highest BCUT2D eigenvalue weighted by molar-refractivity contribution is 7.91. The number of hydrogen-bond donors (Lipinski definition) is 4. The molecule has 2 saturated heterocycles. The molecule has 28 heavy (non-hydrogen) atoms. The van der Waals surface area contributed by atoms with Crippen molar-refractivity contribution in [2.24, 2.45) is 0 Å². The van der Waals surface area contributed by atoms with Crippen LogP contribution in [0.4, 0.5) is 17.7 Å². The van der Waals surface area contributed by atoms with Crippen molar-refractivity contribution >= 4 is 52.4 Å². The van der Waals surface area contributed by atoms with Crippen LogP contribution >= 0.6 is 24.8 Å². The topological polar surface area (TPSA) is 155 Å². The number of nitrogens with zero attached hydrogens (tertiary/aromatic N) is 5. The molecule has 0 aliphatic carbocycles. The fourth-order valence-corrected chi connectivity index (χ4v) is 5.42. The Morgan fingerprint density at radius 3 is 2.86 bits per heavy atom. The molecule has 0 spiro atoms. The van der Waals surface area contributed by atoms with E-state index in [-0.39, 0.29) is 54.4 Å². The van der Waals surface area contributed by atoms with E-state index in [1.807, 2.05) is 6.07 Å². The Labute approximate surface area is 175 Å². The first kappa shape index (κ1) is 22.4. The van der Waals surface area contributed by atoms with Crippen LogP contribution in [0.5, 0.6) is 0 Å². The molecule has 2 aliphatic heterocycles. The molecule has 0 unspecified atom stereocenters. The molecule has 4 rings (SSSR count). The van der Waals surface area contributed by atoms with Crippen LogP contribution in [0.1, 0.15) is 5.82 Å². The second kappa shape index (κ2) is 9.07. The number of sulfone groups is 1. The third-order valence-corrected chi connectivity index (χ3v) is 6.33. The maximum atomic E-state index is 12.0. The molecule has 5 N–H and O–H groups in total. The highest BCUT2D eigenvalue weighted by atomic mass is 35.5. The average molecular weight is 452 g/mol. The summed E-state index contributed by atoms with van der Waals surface area (Å²) in [6.07, 6.45) is 2.28. The van der Waals surface area contributed by atoms with Gasteiger partial charge >= 0.3 is 0 Å². The lowest BCUT2D eigenvalue weighted by Crippen LogP contribution is -2.57. The third-order valence-electron chi connectivity index (χ3n) is 4.61. The van der Waals surface area contributed by atoms with Crippen molar-refractivity contribution in [2.45, 2.75) is 18.5 Å².